The van der Waals surface area contributed by atoms with E-state index in [2.05, 4.69) is 4.99 Å². The molecule has 0 radical (unpaired) electrons. The van der Waals surface area contributed by atoms with Gasteiger partial charge in [0.25, 0.3) is 0 Å². The predicted octanol–water partition coefficient (Wildman–Crippen LogP) is 0.0368. The highest BCUT2D eigenvalue weighted by molar-refractivity contribution is 5.96. The van der Waals surface area contributed by atoms with Gasteiger partial charge in [-0.05, 0) is 19.8 Å². The summed E-state index contributed by atoms with van der Waals surface area (Å²) in [6.45, 7) is 2.62. The lowest BCUT2D eigenvalue weighted by atomic mass is 9.74. The Morgan fingerprint density at radius 2 is 2.38 bits per heavy atom. The molecule has 2 unspecified atom stereocenters. The molecule has 1 aliphatic carbocycles. The van der Waals surface area contributed by atoms with E-state index in [1.807, 2.05) is 31.2 Å². The van der Waals surface area contributed by atoms with Crippen molar-refractivity contribution in [3.05, 3.63) is 35.8 Å². The minimum atomic E-state index is -0.822. The average Bonchev–Trinajstić information content (AvgIpc) is 2.29. The summed E-state index contributed by atoms with van der Waals surface area (Å²) in [4.78, 5) is 3.29. The zero-order chi connectivity index (χ0) is 11.2. The molecule has 2 atom stereocenters. The van der Waals surface area contributed by atoms with Crippen molar-refractivity contribution in [1.82, 2.24) is 0 Å². The van der Waals surface area contributed by atoms with E-state index in [0.717, 1.165) is 36.6 Å². The van der Waals surface area contributed by atoms with Gasteiger partial charge in [0.05, 0.1) is 18.1 Å². The van der Waals surface area contributed by atoms with E-state index in [4.69, 9.17) is 4.74 Å². The zero-order valence-electron chi connectivity index (χ0n) is 9.36. The molecule has 84 valence electrons. The fourth-order valence-corrected chi connectivity index (χ4v) is 2.69. The average molecular weight is 218 g/mol. The standard InChI is InChI=1S/C13H15NO2/c1-13(15)9-5-2-3-7-11(9)14-12-10(13)6-4-8-16-12/h2-3,5,7,9,15H,4,6,8H2,1H3/p+1. The van der Waals surface area contributed by atoms with Crippen LogP contribution in [0.1, 0.15) is 19.8 Å². The Balaban J connectivity index is 2.12. The Kier molecular flexibility index (Phi) is 2.04. The van der Waals surface area contributed by atoms with Crippen LogP contribution >= 0.6 is 0 Å². The van der Waals surface area contributed by atoms with Gasteiger partial charge in [-0.3, -0.25) is 0 Å². The normalized spacial score (nSPS) is 36.4. The lowest BCUT2D eigenvalue weighted by Gasteiger charge is -2.35. The molecule has 0 aromatic rings. The van der Waals surface area contributed by atoms with Crippen molar-refractivity contribution in [3.63, 3.8) is 0 Å². The van der Waals surface area contributed by atoms with Crippen molar-refractivity contribution in [2.24, 2.45) is 5.92 Å². The van der Waals surface area contributed by atoms with Gasteiger partial charge in [0.15, 0.2) is 5.71 Å². The molecule has 0 amide bonds. The van der Waals surface area contributed by atoms with Crippen molar-refractivity contribution in [1.29, 1.82) is 0 Å². The summed E-state index contributed by atoms with van der Waals surface area (Å²) < 4.78 is 5.60. The van der Waals surface area contributed by atoms with E-state index in [1.165, 1.54) is 0 Å². The number of allylic oxidation sites excluding steroid dienone is 3. The quantitative estimate of drug-likeness (QED) is 0.603. The monoisotopic (exact) mass is 218 g/mol. The van der Waals surface area contributed by atoms with Gasteiger partial charge in [-0.2, -0.15) is 4.99 Å². The molecule has 0 aromatic heterocycles. The van der Waals surface area contributed by atoms with Crippen LogP contribution in [-0.4, -0.2) is 23.0 Å². The first kappa shape index (κ1) is 9.85. The summed E-state index contributed by atoms with van der Waals surface area (Å²) in [6, 6.07) is 0. The van der Waals surface area contributed by atoms with Crippen molar-refractivity contribution in [3.8, 4) is 0 Å². The molecule has 0 saturated carbocycles. The van der Waals surface area contributed by atoms with Crippen LogP contribution in [0.5, 0.6) is 0 Å². The third-order valence-corrected chi connectivity index (χ3v) is 3.59. The maximum Gasteiger partial charge on any atom is 0.368 e. The minimum absolute atomic E-state index is 0.0259. The number of hydrogen-bond donors (Lipinski definition) is 2. The number of aliphatic hydroxyl groups is 1. The molecular formula is C13H16NO2+. The third-order valence-electron chi connectivity index (χ3n) is 3.59. The van der Waals surface area contributed by atoms with E-state index in [1.54, 1.807) is 0 Å². The third kappa shape index (κ3) is 1.28. The fraction of sp³-hybridized carbons (Fsp3) is 0.462. The molecule has 3 rings (SSSR count). The molecule has 3 aliphatic rings. The highest BCUT2D eigenvalue weighted by Gasteiger charge is 2.47. The maximum atomic E-state index is 10.7. The SMILES string of the molecule is CC1(O)C2=C([NH+]=C3C=CC=CC31)OCCC2. The van der Waals surface area contributed by atoms with Crippen LogP contribution in [0, 0.1) is 5.92 Å². The minimum Gasteiger partial charge on any atom is -0.444 e. The molecule has 0 aromatic carbocycles. The largest absolute Gasteiger partial charge is 0.444 e. The first-order valence-electron chi connectivity index (χ1n) is 5.77. The molecule has 3 heteroatoms. The molecule has 0 fully saturated rings. The van der Waals surface area contributed by atoms with Gasteiger partial charge in [0, 0.05) is 6.08 Å². The molecule has 0 bridgehead atoms. The summed E-state index contributed by atoms with van der Waals surface area (Å²) in [5, 5.41) is 10.7. The summed E-state index contributed by atoms with van der Waals surface area (Å²) >= 11 is 0. The highest BCUT2D eigenvalue weighted by atomic mass is 16.5. The van der Waals surface area contributed by atoms with Gasteiger partial charge in [0.1, 0.15) is 5.60 Å². The van der Waals surface area contributed by atoms with Crippen molar-refractivity contribution < 1.29 is 14.8 Å². The van der Waals surface area contributed by atoms with Crippen LogP contribution in [0.25, 0.3) is 0 Å². The van der Waals surface area contributed by atoms with Crippen LogP contribution in [0.3, 0.4) is 0 Å². The molecule has 2 N–H and O–H groups in total. The van der Waals surface area contributed by atoms with Crippen molar-refractivity contribution >= 4 is 5.71 Å². The highest BCUT2D eigenvalue weighted by Crippen LogP contribution is 2.36. The second-order valence-corrected chi connectivity index (χ2v) is 4.71. The van der Waals surface area contributed by atoms with Gasteiger partial charge < -0.3 is 9.84 Å². The van der Waals surface area contributed by atoms with Crippen molar-refractivity contribution in [2.75, 3.05) is 6.61 Å². The zero-order valence-corrected chi connectivity index (χ0v) is 9.36. The Labute approximate surface area is 94.8 Å². The number of ether oxygens (including phenoxy) is 1. The molecule has 2 aliphatic heterocycles. The fourth-order valence-electron chi connectivity index (χ4n) is 2.69. The molecule has 0 spiro atoms. The van der Waals surface area contributed by atoms with Gasteiger partial charge in [-0.15, -0.1) is 0 Å². The van der Waals surface area contributed by atoms with Crippen LogP contribution < -0.4 is 4.99 Å². The lowest BCUT2D eigenvalue weighted by molar-refractivity contribution is -0.452. The summed E-state index contributed by atoms with van der Waals surface area (Å²) in [6.07, 6.45) is 9.90. The molecule has 2 heterocycles. The van der Waals surface area contributed by atoms with Crippen LogP contribution in [0.15, 0.2) is 35.8 Å². The number of fused-ring (bicyclic) bond motifs is 1. The molecule has 3 nitrogen and oxygen atoms in total. The topological polar surface area (TPSA) is 43.4 Å². The van der Waals surface area contributed by atoms with E-state index in [-0.39, 0.29) is 5.92 Å². The van der Waals surface area contributed by atoms with E-state index >= 15 is 0 Å². The Morgan fingerprint density at radius 1 is 1.50 bits per heavy atom. The number of nitrogens with one attached hydrogen (secondary N) is 1. The van der Waals surface area contributed by atoms with Gasteiger partial charge in [-0.25, -0.2) is 0 Å². The summed E-state index contributed by atoms with van der Waals surface area (Å²) in [5.41, 5.74) is 1.21. The second-order valence-electron chi connectivity index (χ2n) is 4.71. The number of hydrogen-bond acceptors (Lipinski definition) is 2. The number of rotatable bonds is 0. The van der Waals surface area contributed by atoms with Crippen LogP contribution in [0.4, 0.5) is 0 Å². The molecular weight excluding hydrogens is 202 g/mol. The van der Waals surface area contributed by atoms with Crippen LogP contribution in [-0.2, 0) is 4.74 Å². The van der Waals surface area contributed by atoms with E-state index in [0.29, 0.717) is 0 Å². The Morgan fingerprint density at radius 3 is 3.25 bits per heavy atom. The van der Waals surface area contributed by atoms with Gasteiger partial charge >= 0.3 is 5.88 Å². The molecule has 16 heavy (non-hydrogen) atoms. The molecule has 0 saturated heterocycles. The second kappa shape index (κ2) is 3.32. The maximum absolute atomic E-state index is 10.7. The summed E-state index contributed by atoms with van der Waals surface area (Å²) in [5.74, 6) is 0.792. The van der Waals surface area contributed by atoms with Gasteiger partial charge in [0.2, 0.25) is 0 Å². The first-order chi connectivity index (χ1) is 7.69. The first-order valence-corrected chi connectivity index (χ1v) is 5.77. The van der Waals surface area contributed by atoms with E-state index < -0.39 is 5.60 Å². The summed E-state index contributed by atoms with van der Waals surface area (Å²) in [7, 11) is 0. The van der Waals surface area contributed by atoms with Gasteiger partial charge in [-0.1, -0.05) is 18.2 Å². The van der Waals surface area contributed by atoms with Crippen molar-refractivity contribution in [2.45, 2.75) is 25.4 Å². The Bertz CT molecular complexity index is 441. The smallest absolute Gasteiger partial charge is 0.368 e. The predicted molar refractivity (Wildman–Crippen MR) is 60.6 cm³/mol. The van der Waals surface area contributed by atoms with E-state index in [9.17, 15) is 5.11 Å². The lowest BCUT2D eigenvalue weighted by Crippen LogP contribution is -2.78. The Hall–Kier alpha value is -1.35. The van der Waals surface area contributed by atoms with Crippen LogP contribution in [0.2, 0.25) is 0 Å².